The Morgan fingerprint density at radius 3 is 1.54 bits per heavy atom. The summed E-state index contributed by atoms with van der Waals surface area (Å²) in [6.45, 7) is 0. The van der Waals surface area contributed by atoms with Crippen LogP contribution in [0.3, 0.4) is 0 Å². The van der Waals surface area contributed by atoms with E-state index in [4.69, 9.17) is 14.2 Å². The van der Waals surface area contributed by atoms with Crippen molar-refractivity contribution in [3.8, 4) is 0 Å². The van der Waals surface area contributed by atoms with Gasteiger partial charge in [0.15, 0.2) is 0 Å². The fourth-order valence-electron chi connectivity index (χ4n) is 0.453. The molecule has 4 N–H and O–H groups in total. The maximum absolute atomic E-state index is 9.99. The van der Waals surface area contributed by atoms with E-state index in [1.165, 1.54) is 0 Å². The average Bonchev–Trinajstić information content (AvgIpc) is 1.85. The van der Waals surface area contributed by atoms with Crippen LogP contribution in [0.5, 0.6) is 0 Å². The molecule has 7 heteroatoms. The van der Waals surface area contributed by atoms with Crippen LogP contribution in [0.15, 0.2) is 30.3 Å². The summed E-state index contributed by atoms with van der Waals surface area (Å²) < 4.78 is 36.6. The Labute approximate surface area is 74.8 Å². The Hall–Kier alpha value is -1.21. The monoisotopic (exact) mass is 213 g/mol. The molecule has 0 amide bonds. The van der Waals surface area contributed by atoms with E-state index in [-0.39, 0.29) is 5.48 Å². The standard InChI is InChI=1S/C6H7N.F2O2S.H2O/c7-6-4-2-1-3-5-6;1-5(2,3)4;/h1-5H,7H2;;1H2. The van der Waals surface area contributed by atoms with Crippen LogP contribution in [0.25, 0.3) is 0 Å². The molecular weight excluding hydrogens is 204 g/mol. The third-order valence-corrected chi connectivity index (χ3v) is 0.800. The molecule has 76 valence electrons. The second-order valence-corrected chi connectivity index (χ2v) is 2.55. The van der Waals surface area contributed by atoms with Gasteiger partial charge in [0.2, 0.25) is 0 Å². The maximum atomic E-state index is 9.99. The molecule has 0 saturated carbocycles. The first-order valence-corrected chi connectivity index (χ1v) is 4.13. The summed E-state index contributed by atoms with van der Waals surface area (Å²) >= 11 is 0. The zero-order valence-electron chi connectivity index (χ0n) is 6.44. The van der Waals surface area contributed by atoms with Gasteiger partial charge in [-0.3, -0.25) is 0 Å². The van der Waals surface area contributed by atoms with Crippen molar-refractivity contribution >= 4 is 16.3 Å². The number of halogens is 2. The second-order valence-electron chi connectivity index (χ2n) is 1.79. The van der Waals surface area contributed by atoms with E-state index in [0.717, 1.165) is 5.69 Å². The fourth-order valence-corrected chi connectivity index (χ4v) is 0.453. The van der Waals surface area contributed by atoms with Crippen molar-refractivity contribution in [2.24, 2.45) is 0 Å². The molecule has 0 radical (unpaired) electrons. The zero-order chi connectivity index (χ0) is 9.61. The summed E-state index contributed by atoms with van der Waals surface area (Å²) in [5, 5.41) is 0. The van der Waals surface area contributed by atoms with Crippen LogP contribution in [0.1, 0.15) is 0 Å². The van der Waals surface area contributed by atoms with Crippen molar-refractivity contribution in [2.75, 3.05) is 5.73 Å². The molecule has 0 aliphatic rings. The van der Waals surface area contributed by atoms with Crippen molar-refractivity contribution in [3.05, 3.63) is 30.3 Å². The smallest absolute Gasteiger partial charge is 0.412 e. The molecule has 0 fully saturated rings. The number of para-hydroxylation sites is 1. The Morgan fingerprint density at radius 2 is 1.38 bits per heavy atom. The molecule has 0 unspecified atom stereocenters. The van der Waals surface area contributed by atoms with Gasteiger partial charge >= 0.3 is 10.6 Å². The number of nitrogens with two attached hydrogens (primary N) is 1. The first kappa shape index (κ1) is 14.3. The van der Waals surface area contributed by atoms with E-state index in [1.54, 1.807) is 0 Å². The molecule has 0 spiro atoms. The summed E-state index contributed by atoms with van der Waals surface area (Å²) in [5.74, 6) is 0. The Morgan fingerprint density at radius 1 is 1.08 bits per heavy atom. The highest BCUT2D eigenvalue weighted by molar-refractivity contribution is 7.81. The summed E-state index contributed by atoms with van der Waals surface area (Å²) in [6, 6.07) is 9.49. The van der Waals surface area contributed by atoms with Crippen LogP contribution in [0, 0.1) is 0 Å². The number of hydrogen-bond acceptors (Lipinski definition) is 3. The predicted molar refractivity (Wildman–Crippen MR) is 45.6 cm³/mol. The van der Waals surface area contributed by atoms with E-state index in [1.807, 2.05) is 30.3 Å². The zero-order valence-corrected chi connectivity index (χ0v) is 7.26. The molecule has 0 aliphatic heterocycles. The molecule has 0 aliphatic carbocycles. The van der Waals surface area contributed by atoms with E-state index in [2.05, 4.69) is 0 Å². The van der Waals surface area contributed by atoms with Gasteiger partial charge in [0.25, 0.3) is 0 Å². The molecule has 0 atom stereocenters. The Kier molecular flexibility index (Phi) is 6.96. The summed E-state index contributed by atoms with van der Waals surface area (Å²) in [5.41, 5.74) is 6.18. The minimum absolute atomic E-state index is 0. The molecule has 0 heterocycles. The SMILES string of the molecule is Nc1ccccc1.O.O=S(=O)(F)F. The quantitative estimate of drug-likeness (QED) is 0.505. The Balaban J connectivity index is 0. The summed E-state index contributed by atoms with van der Waals surface area (Å²) in [6.07, 6.45) is 0. The van der Waals surface area contributed by atoms with Crippen LogP contribution in [0.4, 0.5) is 13.5 Å². The maximum Gasteiger partial charge on any atom is 0.476 e. The number of nitrogen functional groups attached to an aromatic ring is 1. The molecule has 0 bridgehead atoms. The molecule has 13 heavy (non-hydrogen) atoms. The van der Waals surface area contributed by atoms with E-state index in [9.17, 15) is 7.77 Å². The van der Waals surface area contributed by atoms with Gasteiger partial charge in [-0.25, -0.2) is 0 Å². The highest BCUT2D eigenvalue weighted by atomic mass is 32.3. The molecular formula is C6H9F2NO3S. The largest absolute Gasteiger partial charge is 0.476 e. The van der Waals surface area contributed by atoms with Gasteiger partial charge in [-0.2, -0.15) is 8.42 Å². The van der Waals surface area contributed by atoms with Crippen LogP contribution >= 0.6 is 0 Å². The lowest BCUT2D eigenvalue weighted by Crippen LogP contribution is -1.79. The van der Waals surface area contributed by atoms with Crippen LogP contribution in [0.2, 0.25) is 0 Å². The summed E-state index contributed by atoms with van der Waals surface area (Å²) in [7, 11) is -5.67. The van der Waals surface area contributed by atoms with Gasteiger partial charge in [-0.1, -0.05) is 26.0 Å². The highest BCUT2D eigenvalue weighted by Gasteiger charge is 1.94. The van der Waals surface area contributed by atoms with Crippen LogP contribution in [-0.4, -0.2) is 13.9 Å². The molecule has 0 saturated heterocycles. The van der Waals surface area contributed by atoms with E-state index < -0.39 is 10.6 Å². The van der Waals surface area contributed by atoms with Gasteiger partial charge in [0, 0.05) is 5.69 Å². The number of rotatable bonds is 0. The minimum Gasteiger partial charge on any atom is -0.412 e. The number of benzene rings is 1. The molecule has 1 rings (SSSR count). The first-order chi connectivity index (χ1) is 5.39. The van der Waals surface area contributed by atoms with E-state index >= 15 is 0 Å². The third-order valence-electron chi connectivity index (χ3n) is 0.800. The fraction of sp³-hybridized carbons (Fsp3) is 0. The van der Waals surface area contributed by atoms with Crippen molar-refractivity contribution in [2.45, 2.75) is 0 Å². The lowest BCUT2D eigenvalue weighted by molar-refractivity contribution is 0.501. The van der Waals surface area contributed by atoms with Crippen molar-refractivity contribution < 1.29 is 21.7 Å². The lowest BCUT2D eigenvalue weighted by atomic mass is 10.3. The van der Waals surface area contributed by atoms with Crippen LogP contribution in [-0.2, 0) is 10.6 Å². The number of anilines is 1. The Bertz CT molecular complexity index is 306. The van der Waals surface area contributed by atoms with Gasteiger partial charge in [0.05, 0.1) is 0 Å². The number of hydrogen-bond donors (Lipinski definition) is 1. The normalized spacial score (nSPS) is 9.08. The first-order valence-electron chi connectivity index (χ1n) is 2.84. The van der Waals surface area contributed by atoms with Gasteiger partial charge in [-0.15, -0.1) is 0 Å². The lowest BCUT2D eigenvalue weighted by Gasteiger charge is -1.83. The molecule has 1 aromatic rings. The second kappa shape index (κ2) is 6.32. The molecule has 0 aromatic heterocycles. The van der Waals surface area contributed by atoms with Crippen molar-refractivity contribution in [1.82, 2.24) is 0 Å². The average molecular weight is 213 g/mol. The van der Waals surface area contributed by atoms with Crippen LogP contribution < -0.4 is 5.73 Å². The van der Waals surface area contributed by atoms with Crippen molar-refractivity contribution in [3.63, 3.8) is 0 Å². The minimum atomic E-state index is -5.67. The van der Waals surface area contributed by atoms with Gasteiger partial charge in [-0.05, 0) is 12.1 Å². The molecule has 1 aromatic carbocycles. The predicted octanol–water partition coefficient (Wildman–Crippen LogP) is 0.614. The third kappa shape index (κ3) is 18.1. The molecule has 4 nitrogen and oxygen atoms in total. The van der Waals surface area contributed by atoms with E-state index in [0.29, 0.717) is 0 Å². The summed E-state index contributed by atoms with van der Waals surface area (Å²) in [4.78, 5) is 0. The van der Waals surface area contributed by atoms with Gasteiger partial charge < -0.3 is 11.2 Å². The van der Waals surface area contributed by atoms with Crippen molar-refractivity contribution in [1.29, 1.82) is 0 Å². The topological polar surface area (TPSA) is 91.7 Å². The van der Waals surface area contributed by atoms with Gasteiger partial charge in [0.1, 0.15) is 0 Å². The highest BCUT2D eigenvalue weighted by Crippen LogP contribution is 1.95.